The number of carbonyl (C=O) groups is 1. The maximum absolute atomic E-state index is 11.8. The molecule has 2 aromatic rings. The predicted octanol–water partition coefficient (Wildman–Crippen LogP) is 2.44. The van der Waals surface area contributed by atoms with Crippen LogP contribution in [0.25, 0.3) is 0 Å². The molecule has 0 aliphatic heterocycles. The predicted molar refractivity (Wildman–Crippen MR) is 97.2 cm³/mol. The first-order valence-electron chi connectivity index (χ1n) is 7.76. The summed E-state index contributed by atoms with van der Waals surface area (Å²) < 4.78 is 25.3. The maximum Gasteiger partial charge on any atom is 0.220 e. The largest absolute Gasteiger partial charge is 0.352 e. The molecule has 1 amide bonds. The average Bonchev–Trinajstić information content (AvgIpc) is 3.07. The van der Waals surface area contributed by atoms with Crippen LogP contribution in [0.3, 0.4) is 0 Å². The van der Waals surface area contributed by atoms with E-state index in [1.165, 1.54) is 11.9 Å². The topological polar surface area (TPSA) is 75.3 Å². The first-order chi connectivity index (χ1) is 11.5. The molecule has 0 aliphatic carbocycles. The number of hydrogen-bond donors (Lipinski definition) is 2. The highest BCUT2D eigenvalue weighted by Crippen LogP contribution is 2.12. The van der Waals surface area contributed by atoms with Gasteiger partial charge in [-0.2, -0.15) is 0 Å². The standard InChI is InChI=1S/C17H22N2O3S2/c1-18-24(21,22)13-15-9-7-14(8-10-15)12-19-17(20)6-2-4-16-5-3-11-23-16/h3,5,7-11,18H,2,4,6,12-13H2,1H3,(H,19,20). The molecule has 0 aliphatic rings. The Morgan fingerprint density at radius 1 is 1.12 bits per heavy atom. The molecule has 130 valence electrons. The molecule has 2 rings (SSSR count). The zero-order valence-electron chi connectivity index (χ0n) is 13.6. The number of rotatable bonds is 9. The monoisotopic (exact) mass is 366 g/mol. The van der Waals surface area contributed by atoms with Crippen LogP contribution in [-0.2, 0) is 33.5 Å². The second kappa shape index (κ2) is 8.96. The van der Waals surface area contributed by atoms with Crippen molar-refractivity contribution >= 4 is 27.3 Å². The molecule has 0 atom stereocenters. The van der Waals surface area contributed by atoms with Gasteiger partial charge in [-0.15, -0.1) is 11.3 Å². The van der Waals surface area contributed by atoms with E-state index in [0.717, 1.165) is 24.0 Å². The molecular formula is C17H22N2O3S2. The third-order valence-electron chi connectivity index (χ3n) is 3.59. The van der Waals surface area contributed by atoms with Gasteiger partial charge in [-0.1, -0.05) is 30.3 Å². The zero-order valence-corrected chi connectivity index (χ0v) is 15.3. The summed E-state index contributed by atoms with van der Waals surface area (Å²) in [5.41, 5.74) is 1.67. The van der Waals surface area contributed by atoms with E-state index in [4.69, 9.17) is 0 Å². The van der Waals surface area contributed by atoms with E-state index in [-0.39, 0.29) is 11.7 Å². The lowest BCUT2D eigenvalue weighted by Crippen LogP contribution is -2.22. The van der Waals surface area contributed by atoms with Crippen LogP contribution in [0.2, 0.25) is 0 Å². The molecule has 1 heterocycles. The Morgan fingerprint density at radius 3 is 2.46 bits per heavy atom. The van der Waals surface area contributed by atoms with Crippen molar-refractivity contribution in [1.82, 2.24) is 10.0 Å². The fraction of sp³-hybridized carbons (Fsp3) is 0.353. The fourth-order valence-electron chi connectivity index (χ4n) is 2.21. The van der Waals surface area contributed by atoms with E-state index in [1.807, 2.05) is 23.6 Å². The number of nitrogens with one attached hydrogen (secondary N) is 2. The highest BCUT2D eigenvalue weighted by atomic mass is 32.2. The summed E-state index contributed by atoms with van der Waals surface area (Å²) >= 11 is 1.71. The summed E-state index contributed by atoms with van der Waals surface area (Å²) in [7, 11) is -1.86. The second-order valence-corrected chi connectivity index (χ2v) is 8.45. The minimum absolute atomic E-state index is 0.0355. The van der Waals surface area contributed by atoms with Crippen LogP contribution in [0.5, 0.6) is 0 Å². The van der Waals surface area contributed by atoms with E-state index >= 15 is 0 Å². The summed E-state index contributed by atoms with van der Waals surface area (Å²) in [5.74, 6) is -0.00725. The molecule has 0 bridgehead atoms. The number of amides is 1. The van der Waals surface area contributed by atoms with Gasteiger partial charge in [-0.25, -0.2) is 13.1 Å². The SMILES string of the molecule is CNS(=O)(=O)Cc1ccc(CNC(=O)CCCc2cccs2)cc1. The molecule has 0 saturated carbocycles. The van der Waals surface area contributed by atoms with Gasteiger partial charge >= 0.3 is 0 Å². The number of hydrogen-bond acceptors (Lipinski definition) is 4. The van der Waals surface area contributed by atoms with Gasteiger partial charge in [0, 0.05) is 17.8 Å². The first-order valence-corrected chi connectivity index (χ1v) is 10.3. The number of sulfonamides is 1. The second-order valence-electron chi connectivity index (χ2n) is 5.49. The van der Waals surface area contributed by atoms with E-state index in [0.29, 0.717) is 13.0 Å². The molecular weight excluding hydrogens is 344 g/mol. The van der Waals surface area contributed by atoms with Gasteiger partial charge in [-0.05, 0) is 42.5 Å². The van der Waals surface area contributed by atoms with Crippen LogP contribution in [0.4, 0.5) is 0 Å². The lowest BCUT2D eigenvalue weighted by molar-refractivity contribution is -0.121. The van der Waals surface area contributed by atoms with Gasteiger partial charge < -0.3 is 5.32 Å². The van der Waals surface area contributed by atoms with E-state index in [1.54, 1.807) is 23.5 Å². The van der Waals surface area contributed by atoms with Crippen molar-refractivity contribution in [1.29, 1.82) is 0 Å². The van der Waals surface area contributed by atoms with Gasteiger partial charge in [0.1, 0.15) is 0 Å². The summed E-state index contributed by atoms with van der Waals surface area (Å²) in [6, 6.07) is 11.3. The molecule has 1 aromatic heterocycles. The number of benzene rings is 1. The van der Waals surface area contributed by atoms with Crippen molar-refractivity contribution in [3.8, 4) is 0 Å². The van der Waals surface area contributed by atoms with Crippen LogP contribution in [0.15, 0.2) is 41.8 Å². The molecule has 0 spiro atoms. The van der Waals surface area contributed by atoms with Gasteiger partial charge in [0.25, 0.3) is 0 Å². The third-order valence-corrected chi connectivity index (χ3v) is 5.86. The van der Waals surface area contributed by atoms with Crippen molar-refractivity contribution in [2.24, 2.45) is 0 Å². The highest BCUT2D eigenvalue weighted by Gasteiger charge is 2.08. The van der Waals surface area contributed by atoms with E-state index in [2.05, 4.69) is 16.1 Å². The third kappa shape index (κ3) is 6.43. The minimum atomic E-state index is -3.26. The molecule has 2 N–H and O–H groups in total. The Kier molecular flexibility index (Phi) is 6.96. The minimum Gasteiger partial charge on any atom is -0.352 e. The van der Waals surface area contributed by atoms with Crippen LogP contribution in [0, 0.1) is 0 Å². The van der Waals surface area contributed by atoms with Gasteiger partial charge in [0.15, 0.2) is 0 Å². The van der Waals surface area contributed by atoms with E-state index in [9.17, 15) is 13.2 Å². The molecule has 1 aromatic carbocycles. The number of aryl methyl sites for hydroxylation is 1. The Bertz CT molecular complexity index is 739. The quantitative estimate of drug-likeness (QED) is 0.716. The van der Waals surface area contributed by atoms with Gasteiger partial charge in [0.05, 0.1) is 5.75 Å². The molecule has 7 heteroatoms. The van der Waals surface area contributed by atoms with Crippen molar-refractivity contribution < 1.29 is 13.2 Å². The summed E-state index contributed by atoms with van der Waals surface area (Å²) in [6.45, 7) is 0.455. The zero-order chi connectivity index (χ0) is 17.4. The lowest BCUT2D eigenvalue weighted by atomic mass is 10.1. The normalized spacial score (nSPS) is 11.4. The van der Waals surface area contributed by atoms with Crippen LogP contribution >= 0.6 is 11.3 Å². The van der Waals surface area contributed by atoms with Crippen LogP contribution in [-0.4, -0.2) is 21.4 Å². The Hall–Kier alpha value is -1.70. The Balaban J connectivity index is 1.72. The maximum atomic E-state index is 11.8. The molecule has 0 saturated heterocycles. The summed E-state index contributed by atoms with van der Waals surface area (Å²) in [4.78, 5) is 13.1. The Morgan fingerprint density at radius 2 is 1.83 bits per heavy atom. The molecule has 0 fully saturated rings. The average molecular weight is 367 g/mol. The summed E-state index contributed by atoms with van der Waals surface area (Å²) in [5, 5.41) is 4.93. The number of carbonyl (C=O) groups excluding carboxylic acids is 1. The molecule has 0 radical (unpaired) electrons. The smallest absolute Gasteiger partial charge is 0.220 e. The van der Waals surface area contributed by atoms with Crippen molar-refractivity contribution in [3.63, 3.8) is 0 Å². The van der Waals surface area contributed by atoms with Crippen molar-refractivity contribution in [2.75, 3.05) is 7.05 Å². The van der Waals surface area contributed by atoms with E-state index < -0.39 is 10.0 Å². The molecule has 5 nitrogen and oxygen atoms in total. The molecule has 0 unspecified atom stereocenters. The van der Waals surface area contributed by atoms with Crippen molar-refractivity contribution in [3.05, 3.63) is 57.8 Å². The highest BCUT2D eigenvalue weighted by molar-refractivity contribution is 7.88. The van der Waals surface area contributed by atoms with Gasteiger partial charge in [-0.3, -0.25) is 4.79 Å². The summed E-state index contributed by atoms with van der Waals surface area (Å²) in [6.07, 6.45) is 2.28. The van der Waals surface area contributed by atoms with Crippen LogP contribution < -0.4 is 10.0 Å². The van der Waals surface area contributed by atoms with Gasteiger partial charge in [0.2, 0.25) is 15.9 Å². The molecule has 24 heavy (non-hydrogen) atoms. The lowest BCUT2D eigenvalue weighted by Gasteiger charge is -2.07. The Labute approximate surface area is 147 Å². The fourth-order valence-corrected chi connectivity index (χ4v) is 3.74. The first kappa shape index (κ1) is 18.6. The number of thiophene rings is 1. The van der Waals surface area contributed by atoms with Crippen molar-refractivity contribution in [2.45, 2.75) is 31.6 Å². The van der Waals surface area contributed by atoms with Crippen LogP contribution in [0.1, 0.15) is 28.8 Å².